The number of aromatic nitrogens is 1. The number of carboxylic acids is 1. The standard InChI is InChI=1S/C19H20N2O4/c1-13-16(19(23)24)8-5-11-21(13)18(22)17-12-15(9-10-20-17)25-14-6-3-2-4-7-14/h2-4,6-7,9-10,12-13,16H,5,8,11H2,1H3,(H,23,24)/t13-,16-/m1/s1. The molecule has 3 rings (SSSR count). The lowest BCUT2D eigenvalue weighted by Gasteiger charge is -2.37. The number of rotatable bonds is 4. The Hall–Kier alpha value is -2.89. The Bertz CT molecular complexity index is 763. The zero-order valence-corrected chi connectivity index (χ0v) is 14.0. The first kappa shape index (κ1) is 17.0. The average molecular weight is 340 g/mol. The summed E-state index contributed by atoms with van der Waals surface area (Å²) >= 11 is 0. The maximum atomic E-state index is 12.8. The van der Waals surface area contributed by atoms with E-state index in [1.165, 1.54) is 6.20 Å². The van der Waals surface area contributed by atoms with E-state index in [4.69, 9.17) is 4.74 Å². The van der Waals surface area contributed by atoms with Crippen LogP contribution in [0.5, 0.6) is 11.5 Å². The van der Waals surface area contributed by atoms with Gasteiger partial charge in [-0.05, 0) is 38.0 Å². The van der Waals surface area contributed by atoms with E-state index in [1.54, 1.807) is 24.0 Å². The SMILES string of the molecule is C[C@@H]1[C@H](C(=O)O)CCCN1C(=O)c1cc(Oc2ccccc2)ccn1. The van der Waals surface area contributed by atoms with Crippen LogP contribution >= 0.6 is 0 Å². The van der Waals surface area contributed by atoms with E-state index < -0.39 is 11.9 Å². The third-order valence-corrected chi connectivity index (χ3v) is 4.50. The molecule has 1 amide bonds. The average Bonchev–Trinajstić information content (AvgIpc) is 2.62. The number of aliphatic carboxylic acids is 1. The first-order valence-electron chi connectivity index (χ1n) is 8.29. The van der Waals surface area contributed by atoms with Gasteiger partial charge in [-0.1, -0.05) is 18.2 Å². The molecule has 1 aliphatic heterocycles. The van der Waals surface area contributed by atoms with Gasteiger partial charge < -0.3 is 14.7 Å². The van der Waals surface area contributed by atoms with Crippen LogP contribution in [0.15, 0.2) is 48.7 Å². The Labute approximate surface area is 146 Å². The van der Waals surface area contributed by atoms with Gasteiger partial charge in [0.05, 0.1) is 5.92 Å². The van der Waals surface area contributed by atoms with Crippen molar-refractivity contribution >= 4 is 11.9 Å². The minimum atomic E-state index is -0.862. The third-order valence-electron chi connectivity index (χ3n) is 4.50. The molecule has 0 aliphatic carbocycles. The molecule has 1 aromatic heterocycles. The van der Waals surface area contributed by atoms with Crippen molar-refractivity contribution in [1.29, 1.82) is 0 Å². The summed E-state index contributed by atoms with van der Waals surface area (Å²) in [5.74, 6) is -0.481. The Morgan fingerprint density at radius 3 is 2.68 bits per heavy atom. The van der Waals surface area contributed by atoms with E-state index in [0.717, 1.165) is 0 Å². The Morgan fingerprint density at radius 2 is 1.96 bits per heavy atom. The summed E-state index contributed by atoms with van der Waals surface area (Å²) in [4.78, 5) is 29.9. The molecule has 1 fully saturated rings. The van der Waals surface area contributed by atoms with Gasteiger partial charge in [0, 0.05) is 24.8 Å². The van der Waals surface area contributed by atoms with Crippen LogP contribution in [-0.2, 0) is 4.79 Å². The molecule has 1 aliphatic rings. The molecule has 0 unspecified atom stereocenters. The summed E-state index contributed by atoms with van der Waals surface area (Å²) in [7, 11) is 0. The summed E-state index contributed by atoms with van der Waals surface area (Å²) in [5, 5.41) is 9.31. The molecule has 6 heteroatoms. The normalized spacial score (nSPS) is 20.1. The van der Waals surface area contributed by atoms with Gasteiger partial charge in [0.15, 0.2) is 0 Å². The topological polar surface area (TPSA) is 79.7 Å². The van der Waals surface area contributed by atoms with E-state index in [9.17, 15) is 14.7 Å². The molecule has 0 saturated carbocycles. The molecule has 0 bridgehead atoms. The van der Waals surface area contributed by atoms with Crippen LogP contribution in [0, 0.1) is 5.92 Å². The Morgan fingerprint density at radius 1 is 1.20 bits per heavy atom. The number of pyridine rings is 1. The molecule has 2 aromatic rings. The van der Waals surface area contributed by atoms with Crippen molar-refractivity contribution in [1.82, 2.24) is 9.88 Å². The fourth-order valence-electron chi connectivity index (χ4n) is 3.12. The van der Waals surface area contributed by atoms with Crippen molar-refractivity contribution in [3.63, 3.8) is 0 Å². The minimum absolute atomic E-state index is 0.256. The fraction of sp³-hybridized carbons (Fsp3) is 0.316. The lowest BCUT2D eigenvalue weighted by molar-refractivity contribution is -0.144. The second kappa shape index (κ2) is 7.34. The van der Waals surface area contributed by atoms with Gasteiger partial charge in [-0.15, -0.1) is 0 Å². The van der Waals surface area contributed by atoms with Crippen LogP contribution < -0.4 is 4.74 Å². The number of hydrogen-bond donors (Lipinski definition) is 1. The highest BCUT2D eigenvalue weighted by atomic mass is 16.5. The van der Waals surface area contributed by atoms with Gasteiger partial charge in [0.1, 0.15) is 17.2 Å². The molecule has 0 spiro atoms. The number of para-hydroxylation sites is 1. The lowest BCUT2D eigenvalue weighted by Crippen LogP contribution is -2.49. The minimum Gasteiger partial charge on any atom is -0.481 e. The number of likely N-dealkylation sites (tertiary alicyclic amines) is 1. The predicted molar refractivity (Wildman–Crippen MR) is 91.6 cm³/mol. The molecule has 1 aromatic carbocycles. The molecular formula is C19H20N2O4. The predicted octanol–water partition coefficient (Wildman–Crippen LogP) is 3.20. The largest absolute Gasteiger partial charge is 0.481 e. The number of benzene rings is 1. The smallest absolute Gasteiger partial charge is 0.308 e. The van der Waals surface area contributed by atoms with Crippen LogP contribution in [0.1, 0.15) is 30.3 Å². The van der Waals surface area contributed by atoms with Crippen LogP contribution in [0.3, 0.4) is 0 Å². The highest BCUT2D eigenvalue weighted by Crippen LogP contribution is 2.26. The van der Waals surface area contributed by atoms with Crippen LogP contribution in [0.25, 0.3) is 0 Å². The van der Waals surface area contributed by atoms with Crippen molar-refractivity contribution in [2.45, 2.75) is 25.8 Å². The maximum Gasteiger partial charge on any atom is 0.308 e. The molecular weight excluding hydrogens is 320 g/mol. The van der Waals surface area contributed by atoms with Crippen LogP contribution in [0.4, 0.5) is 0 Å². The van der Waals surface area contributed by atoms with Gasteiger partial charge in [0.25, 0.3) is 5.91 Å². The number of amides is 1. The molecule has 25 heavy (non-hydrogen) atoms. The molecule has 2 heterocycles. The van der Waals surface area contributed by atoms with E-state index in [0.29, 0.717) is 30.9 Å². The van der Waals surface area contributed by atoms with Gasteiger partial charge in [-0.2, -0.15) is 0 Å². The first-order chi connectivity index (χ1) is 12.1. The molecule has 0 radical (unpaired) electrons. The van der Waals surface area contributed by atoms with Gasteiger partial charge in [-0.3, -0.25) is 14.6 Å². The molecule has 6 nitrogen and oxygen atoms in total. The number of nitrogens with zero attached hydrogens (tertiary/aromatic N) is 2. The summed E-state index contributed by atoms with van der Waals surface area (Å²) in [6.07, 6.45) is 2.78. The quantitative estimate of drug-likeness (QED) is 0.924. The van der Waals surface area contributed by atoms with Crippen molar-refractivity contribution in [3.05, 3.63) is 54.4 Å². The van der Waals surface area contributed by atoms with E-state index in [-0.39, 0.29) is 17.6 Å². The molecule has 130 valence electrons. The van der Waals surface area contributed by atoms with Gasteiger partial charge in [0.2, 0.25) is 0 Å². The van der Waals surface area contributed by atoms with E-state index in [2.05, 4.69) is 4.98 Å². The summed E-state index contributed by atoms with van der Waals surface area (Å²) in [6.45, 7) is 2.31. The summed E-state index contributed by atoms with van der Waals surface area (Å²) in [6, 6.07) is 12.2. The first-order valence-corrected chi connectivity index (χ1v) is 8.29. The maximum absolute atomic E-state index is 12.8. The number of carbonyl (C=O) groups excluding carboxylic acids is 1. The highest BCUT2D eigenvalue weighted by molar-refractivity contribution is 5.93. The number of piperidine rings is 1. The molecule has 2 atom stereocenters. The van der Waals surface area contributed by atoms with E-state index in [1.807, 2.05) is 30.3 Å². The van der Waals surface area contributed by atoms with Gasteiger partial charge >= 0.3 is 5.97 Å². The summed E-state index contributed by atoms with van der Waals surface area (Å²) < 4.78 is 5.74. The van der Waals surface area contributed by atoms with Crippen LogP contribution in [-0.4, -0.2) is 39.5 Å². The Kier molecular flexibility index (Phi) is 4.97. The van der Waals surface area contributed by atoms with Crippen molar-refractivity contribution in [2.75, 3.05) is 6.54 Å². The monoisotopic (exact) mass is 340 g/mol. The Balaban J connectivity index is 1.78. The zero-order chi connectivity index (χ0) is 17.8. The van der Waals surface area contributed by atoms with Crippen LogP contribution in [0.2, 0.25) is 0 Å². The number of carbonyl (C=O) groups is 2. The highest BCUT2D eigenvalue weighted by Gasteiger charge is 2.36. The van der Waals surface area contributed by atoms with Crippen molar-refractivity contribution in [3.8, 4) is 11.5 Å². The van der Waals surface area contributed by atoms with Crippen molar-refractivity contribution in [2.24, 2.45) is 5.92 Å². The van der Waals surface area contributed by atoms with E-state index >= 15 is 0 Å². The number of ether oxygens (including phenoxy) is 1. The second-order valence-corrected chi connectivity index (χ2v) is 6.12. The van der Waals surface area contributed by atoms with Gasteiger partial charge in [-0.25, -0.2) is 0 Å². The number of hydrogen-bond acceptors (Lipinski definition) is 4. The number of carboxylic acid groups (broad SMARTS) is 1. The third kappa shape index (κ3) is 3.79. The zero-order valence-electron chi connectivity index (χ0n) is 14.0. The lowest BCUT2D eigenvalue weighted by atomic mass is 9.90. The fourth-order valence-corrected chi connectivity index (χ4v) is 3.12. The van der Waals surface area contributed by atoms with Crippen molar-refractivity contribution < 1.29 is 19.4 Å². The summed E-state index contributed by atoms with van der Waals surface area (Å²) in [5.41, 5.74) is 0.256. The molecule has 1 saturated heterocycles. The molecule has 1 N–H and O–H groups in total. The second-order valence-electron chi connectivity index (χ2n) is 6.12.